The van der Waals surface area contributed by atoms with E-state index >= 15 is 0 Å². The fourth-order valence-electron chi connectivity index (χ4n) is 4.66. The van der Waals surface area contributed by atoms with Crippen LogP contribution in [0.25, 0.3) is 0 Å². The van der Waals surface area contributed by atoms with Crippen molar-refractivity contribution in [2.24, 2.45) is 0 Å². The van der Waals surface area contributed by atoms with E-state index in [4.69, 9.17) is 9.47 Å². The van der Waals surface area contributed by atoms with Crippen LogP contribution >= 0.6 is 0 Å². The summed E-state index contributed by atoms with van der Waals surface area (Å²) in [6, 6.07) is 1.20. The normalized spacial score (nSPS) is 31.2. The molecule has 0 bridgehead atoms. The maximum Gasteiger partial charge on any atom is 0.320 e. The van der Waals surface area contributed by atoms with Crippen LogP contribution in [0.2, 0.25) is 0 Å². The lowest BCUT2D eigenvalue weighted by molar-refractivity contribution is -0.161. The number of rotatable bonds is 1. The quantitative estimate of drug-likeness (QED) is 0.669. The third kappa shape index (κ3) is 2.81. The molecular weight excluding hydrogens is 308 g/mol. The lowest BCUT2D eigenvalue weighted by Gasteiger charge is -2.64. The van der Waals surface area contributed by atoms with Gasteiger partial charge in [-0.3, -0.25) is 9.80 Å². The predicted molar refractivity (Wildman–Crippen MR) is 90.1 cm³/mol. The van der Waals surface area contributed by atoms with Gasteiger partial charge < -0.3 is 19.3 Å². The van der Waals surface area contributed by atoms with E-state index in [1.807, 2.05) is 9.80 Å². The number of ether oxygens (including phenoxy) is 2. The average Bonchev–Trinajstić information content (AvgIpc) is 2.58. The van der Waals surface area contributed by atoms with E-state index in [0.717, 1.165) is 59.0 Å². The third-order valence-electron chi connectivity index (χ3n) is 6.03. The summed E-state index contributed by atoms with van der Waals surface area (Å²) in [6.45, 7) is 13.8. The molecule has 1 atom stereocenters. The van der Waals surface area contributed by atoms with Gasteiger partial charge in [0.2, 0.25) is 0 Å². The lowest BCUT2D eigenvalue weighted by atomic mass is 9.82. The van der Waals surface area contributed by atoms with Gasteiger partial charge in [0.05, 0.1) is 32.0 Å². The molecule has 0 saturated carbocycles. The van der Waals surface area contributed by atoms with E-state index in [9.17, 15) is 4.79 Å². The summed E-state index contributed by atoms with van der Waals surface area (Å²) in [6.07, 6.45) is 0. The summed E-state index contributed by atoms with van der Waals surface area (Å²) in [5.41, 5.74) is 0.124. The number of morpholine rings is 2. The summed E-state index contributed by atoms with van der Waals surface area (Å²) < 4.78 is 11.1. The Morgan fingerprint density at radius 1 is 1.00 bits per heavy atom. The number of likely N-dealkylation sites (tertiary alicyclic amines) is 1. The molecular formula is C17H30N4O3. The molecule has 4 rings (SSSR count). The van der Waals surface area contributed by atoms with E-state index in [-0.39, 0.29) is 11.6 Å². The van der Waals surface area contributed by atoms with Crippen molar-refractivity contribution in [3.63, 3.8) is 0 Å². The van der Waals surface area contributed by atoms with E-state index < -0.39 is 0 Å². The van der Waals surface area contributed by atoms with Crippen molar-refractivity contribution in [2.75, 3.05) is 72.2 Å². The van der Waals surface area contributed by atoms with Crippen molar-refractivity contribution in [2.45, 2.75) is 31.5 Å². The summed E-state index contributed by atoms with van der Waals surface area (Å²) in [5, 5.41) is 0. The molecule has 4 heterocycles. The molecule has 0 radical (unpaired) electrons. The molecule has 0 unspecified atom stereocenters. The highest BCUT2D eigenvalue weighted by molar-refractivity contribution is 5.76. The molecule has 136 valence electrons. The van der Waals surface area contributed by atoms with Gasteiger partial charge in [-0.05, 0) is 13.8 Å². The maximum absolute atomic E-state index is 12.7. The molecule has 4 fully saturated rings. The first-order valence-corrected chi connectivity index (χ1v) is 9.29. The van der Waals surface area contributed by atoms with Crippen LogP contribution in [0.1, 0.15) is 13.8 Å². The van der Waals surface area contributed by atoms with E-state index in [0.29, 0.717) is 25.3 Å². The van der Waals surface area contributed by atoms with Crippen LogP contribution in [-0.2, 0) is 9.47 Å². The topological polar surface area (TPSA) is 48.5 Å². The first kappa shape index (κ1) is 16.6. The highest BCUT2D eigenvalue weighted by Crippen LogP contribution is 2.36. The molecule has 7 nitrogen and oxygen atoms in total. The number of fused-ring (bicyclic) bond motifs is 2. The minimum atomic E-state index is 0.124. The third-order valence-corrected chi connectivity index (χ3v) is 6.03. The van der Waals surface area contributed by atoms with E-state index in [2.05, 4.69) is 23.6 Å². The second-order valence-electron chi connectivity index (χ2n) is 7.91. The molecule has 0 aromatic carbocycles. The van der Waals surface area contributed by atoms with Gasteiger partial charge in [0.15, 0.2) is 0 Å². The van der Waals surface area contributed by atoms with Crippen molar-refractivity contribution in [3.05, 3.63) is 0 Å². The minimum absolute atomic E-state index is 0.124. The molecule has 24 heavy (non-hydrogen) atoms. The standard InChI is InChI=1S/C17H30N4O3/c1-14(2)19-9-15-10-24-8-5-21(15)17(11-19)12-20(13-17)16(22)18-3-6-23-7-4-18/h14-15H,3-13H2,1-2H3/t15-/m1/s1. The Hall–Kier alpha value is -0.890. The van der Waals surface area contributed by atoms with Gasteiger partial charge in [0.1, 0.15) is 0 Å². The lowest BCUT2D eigenvalue weighted by Crippen LogP contribution is -2.82. The van der Waals surface area contributed by atoms with Crippen molar-refractivity contribution >= 4 is 6.03 Å². The summed E-state index contributed by atoms with van der Waals surface area (Å²) in [5.74, 6) is 0. The summed E-state index contributed by atoms with van der Waals surface area (Å²) in [4.78, 5) is 21.9. The van der Waals surface area contributed by atoms with Gasteiger partial charge in [-0.15, -0.1) is 0 Å². The predicted octanol–water partition coefficient (Wildman–Crippen LogP) is -0.0822. The van der Waals surface area contributed by atoms with E-state index in [1.54, 1.807) is 0 Å². The van der Waals surface area contributed by atoms with Crippen LogP contribution in [-0.4, -0.2) is 115 Å². The molecule has 7 heteroatoms. The van der Waals surface area contributed by atoms with E-state index in [1.165, 1.54) is 0 Å². The monoisotopic (exact) mass is 338 g/mol. The fourth-order valence-corrected chi connectivity index (χ4v) is 4.66. The number of amides is 2. The molecule has 4 saturated heterocycles. The zero-order chi connectivity index (χ0) is 16.7. The van der Waals surface area contributed by atoms with Gasteiger partial charge in [-0.25, -0.2) is 4.79 Å². The van der Waals surface area contributed by atoms with Gasteiger partial charge in [-0.1, -0.05) is 0 Å². The Balaban J connectivity index is 1.44. The second-order valence-corrected chi connectivity index (χ2v) is 7.91. The first-order chi connectivity index (χ1) is 11.6. The second kappa shape index (κ2) is 6.44. The number of hydrogen-bond acceptors (Lipinski definition) is 5. The van der Waals surface area contributed by atoms with Crippen LogP contribution in [0, 0.1) is 0 Å². The summed E-state index contributed by atoms with van der Waals surface area (Å²) >= 11 is 0. The van der Waals surface area contributed by atoms with Gasteiger partial charge in [-0.2, -0.15) is 0 Å². The summed E-state index contributed by atoms with van der Waals surface area (Å²) in [7, 11) is 0. The minimum Gasteiger partial charge on any atom is -0.378 e. The maximum atomic E-state index is 12.7. The number of urea groups is 1. The molecule has 0 aromatic rings. The van der Waals surface area contributed by atoms with Crippen LogP contribution < -0.4 is 0 Å². The number of carbonyl (C=O) groups excluding carboxylic acids is 1. The highest BCUT2D eigenvalue weighted by Gasteiger charge is 2.56. The van der Waals surface area contributed by atoms with Crippen LogP contribution in [0.4, 0.5) is 4.79 Å². The van der Waals surface area contributed by atoms with Crippen LogP contribution in [0.5, 0.6) is 0 Å². The zero-order valence-electron chi connectivity index (χ0n) is 14.9. The first-order valence-electron chi connectivity index (χ1n) is 9.29. The molecule has 4 aliphatic rings. The van der Waals surface area contributed by atoms with Gasteiger partial charge in [0, 0.05) is 57.9 Å². The largest absolute Gasteiger partial charge is 0.378 e. The Morgan fingerprint density at radius 2 is 1.71 bits per heavy atom. The molecule has 0 aromatic heterocycles. The van der Waals surface area contributed by atoms with Crippen molar-refractivity contribution in [1.29, 1.82) is 0 Å². The molecule has 2 amide bonds. The van der Waals surface area contributed by atoms with Crippen molar-refractivity contribution < 1.29 is 14.3 Å². The number of hydrogen-bond donors (Lipinski definition) is 0. The number of carbonyl (C=O) groups is 1. The SMILES string of the molecule is CC(C)N1C[C@@H]2COCCN2C2(CN(C(=O)N3CCOCC3)C2)C1. The highest BCUT2D eigenvalue weighted by atomic mass is 16.5. The molecule has 0 aliphatic carbocycles. The Bertz CT molecular complexity index is 474. The van der Waals surface area contributed by atoms with Crippen LogP contribution in [0.3, 0.4) is 0 Å². The average molecular weight is 338 g/mol. The molecule has 4 aliphatic heterocycles. The number of nitrogens with zero attached hydrogens (tertiary/aromatic N) is 4. The smallest absolute Gasteiger partial charge is 0.320 e. The number of piperazine rings is 1. The molecule has 0 N–H and O–H groups in total. The Kier molecular flexibility index (Phi) is 4.45. The van der Waals surface area contributed by atoms with Crippen molar-refractivity contribution in [3.8, 4) is 0 Å². The molecule has 1 spiro atoms. The van der Waals surface area contributed by atoms with Crippen LogP contribution in [0.15, 0.2) is 0 Å². The van der Waals surface area contributed by atoms with Gasteiger partial charge >= 0.3 is 6.03 Å². The zero-order valence-corrected chi connectivity index (χ0v) is 14.9. The Labute approximate surface area is 144 Å². The van der Waals surface area contributed by atoms with Crippen molar-refractivity contribution in [1.82, 2.24) is 19.6 Å². The Morgan fingerprint density at radius 3 is 2.42 bits per heavy atom. The fraction of sp³-hybridized carbons (Fsp3) is 0.941. The van der Waals surface area contributed by atoms with Gasteiger partial charge in [0.25, 0.3) is 0 Å².